The van der Waals surface area contributed by atoms with Gasteiger partial charge < -0.3 is 15.4 Å². The lowest BCUT2D eigenvalue weighted by molar-refractivity contribution is -0.113. The summed E-state index contributed by atoms with van der Waals surface area (Å²) in [4.78, 5) is 12.1. The molecule has 1 heterocycles. The van der Waals surface area contributed by atoms with Gasteiger partial charge in [0.1, 0.15) is 5.75 Å². The fraction of sp³-hybridized carbons (Fsp3) is 0.167. The Hall–Kier alpha value is -2.58. The van der Waals surface area contributed by atoms with Crippen molar-refractivity contribution >= 4 is 45.5 Å². The molecule has 0 saturated heterocycles. The third kappa shape index (κ3) is 4.96. The van der Waals surface area contributed by atoms with Gasteiger partial charge in [0.15, 0.2) is 4.34 Å². The topological polar surface area (TPSA) is 76.1 Å². The zero-order valence-corrected chi connectivity index (χ0v) is 16.0. The number of para-hydroxylation sites is 2. The number of rotatable bonds is 7. The predicted molar refractivity (Wildman–Crippen MR) is 107 cm³/mol. The molecule has 0 atom stereocenters. The number of amides is 1. The molecule has 1 amide bonds. The van der Waals surface area contributed by atoms with E-state index in [0.29, 0.717) is 5.13 Å². The van der Waals surface area contributed by atoms with E-state index in [2.05, 4.69) is 20.8 Å². The van der Waals surface area contributed by atoms with Crippen LogP contribution >= 0.6 is 23.1 Å². The molecule has 0 radical (unpaired) electrons. The molecule has 3 rings (SSSR count). The molecule has 0 bridgehead atoms. The smallest absolute Gasteiger partial charge is 0.234 e. The van der Waals surface area contributed by atoms with Gasteiger partial charge in [0, 0.05) is 5.69 Å². The molecule has 8 heteroatoms. The SMILES string of the molecule is COc1ccccc1Nc1nnc(SCC(=O)Nc2cccc(C)c2)s1. The third-order valence-electron chi connectivity index (χ3n) is 3.38. The van der Waals surface area contributed by atoms with Gasteiger partial charge in [-0.1, -0.05) is 47.4 Å². The number of ether oxygens (including phenoxy) is 1. The Balaban J connectivity index is 1.54. The van der Waals surface area contributed by atoms with E-state index in [1.54, 1.807) is 7.11 Å². The first-order valence-electron chi connectivity index (χ1n) is 7.87. The number of benzene rings is 2. The number of thioether (sulfide) groups is 1. The van der Waals surface area contributed by atoms with Crippen molar-refractivity contribution in [2.24, 2.45) is 0 Å². The molecule has 0 unspecified atom stereocenters. The lowest BCUT2D eigenvalue weighted by atomic mass is 10.2. The van der Waals surface area contributed by atoms with Crippen LogP contribution < -0.4 is 15.4 Å². The van der Waals surface area contributed by atoms with Crippen LogP contribution in [0.15, 0.2) is 52.9 Å². The maximum absolute atomic E-state index is 12.1. The van der Waals surface area contributed by atoms with Crippen LogP contribution in [0.4, 0.5) is 16.5 Å². The number of carbonyl (C=O) groups is 1. The molecule has 0 aliphatic heterocycles. The first-order valence-corrected chi connectivity index (χ1v) is 9.67. The van der Waals surface area contributed by atoms with Crippen molar-refractivity contribution in [1.82, 2.24) is 10.2 Å². The van der Waals surface area contributed by atoms with Gasteiger partial charge in [-0.3, -0.25) is 4.79 Å². The Bertz CT molecular complexity index is 898. The summed E-state index contributed by atoms with van der Waals surface area (Å²) in [7, 11) is 1.62. The van der Waals surface area contributed by atoms with E-state index < -0.39 is 0 Å². The second-order valence-corrected chi connectivity index (χ2v) is 7.60. The minimum absolute atomic E-state index is 0.0740. The molecule has 0 saturated carbocycles. The van der Waals surface area contributed by atoms with Gasteiger partial charge >= 0.3 is 0 Å². The Morgan fingerprint density at radius 3 is 2.85 bits per heavy atom. The van der Waals surface area contributed by atoms with Crippen LogP contribution in [-0.2, 0) is 4.79 Å². The average molecular weight is 387 g/mol. The number of methoxy groups -OCH3 is 1. The molecule has 134 valence electrons. The Morgan fingerprint density at radius 1 is 1.19 bits per heavy atom. The normalized spacial score (nSPS) is 10.4. The fourth-order valence-corrected chi connectivity index (χ4v) is 3.79. The molecule has 0 fully saturated rings. The Labute approximate surface area is 160 Å². The van der Waals surface area contributed by atoms with E-state index in [1.807, 2.05) is 55.5 Å². The van der Waals surface area contributed by atoms with Crippen LogP contribution in [0.1, 0.15) is 5.56 Å². The zero-order chi connectivity index (χ0) is 18.4. The lowest BCUT2D eigenvalue weighted by Gasteiger charge is -2.07. The number of anilines is 3. The van der Waals surface area contributed by atoms with E-state index in [1.165, 1.54) is 23.1 Å². The van der Waals surface area contributed by atoms with Crippen molar-refractivity contribution in [3.8, 4) is 5.75 Å². The minimum Gasteiger partial charge on any atom is -0.495 e. The highest BCUT2D eigenvalue weighted by Gasteiger charge is 2.10. The summed E-state index contributed by atoms with van der Waals surface area (Å²) in [6.07, 6.45) is 0. The molecule has 2 aromatic carbocycles. The van der Waals surface area contributed by atoms with Crippen LogP contribution in [0, 0.1) is 6.92 Å². The molecule has 0 aliphatic carbocycles. The van der Waals surface area contributed by atoms with E-state index in [-0.39, 0.29) is 11.7 Å². The summed E-state index contributed by atoms with van der Waals surface area (Å²) in [5.41, 5.74) is 2.72. The van der Waals surface area contributed by atoms with Crippen molar-refractivity contribution < 1.29 is 9.53 Å². The number of aromatic nitrogens is 2. The summed E-state index contributed by atoms with van der Waals surface area (Å²) in [6.45, 7) is 1.99. The van der Waals surface area contributed by atoms with Crippen LogP contribution in [-0.4, -0.2) is 29.0 Å². The van der Waals surface area contributed by atoms with Gasteiger partial charge in [0.2, 0.25) is 11.0 Å². The zero-order valence-electron chi connectivity index (χ0n) is 14.4. The van der Waals surface area contributed by atoms with Crippen LogP contribution in [0.3, 0.4) is 0 Å². The number of carbonyl (C=O) groups excluding carboxylic acids is 1. The van der Waals surface area contributed by atoms with Crippen LogP contribution in [0.5, 0.6) is 5.75 Å². The first-order chi connectivity index (χ1) is 12.6. The quantitative estimate of drug-likeness (QED) is 0.589. The molecule has 6 nitrogen and oxygen atoms in total. The summed E-state index contributed by atoms with van der Waals surface area (Å²) in [5.74, 6) is 0.932. The molecule has 1 aromatic heterocycles. The van der Waals surface area contributed by atoms with E-state index >= 15 is 0 Å². The molecular weight excluding hydrogens is 368 g/mol. The van der Waals surface area contributed by atoms with Gasteiger partial charge in [-0.05, 0) is 36.8 Å². The summed E-state index contributed by atoms with van der Waals surface area (Å²) in [6, 6.07) is 15.3. The number of aryl methyl sites for hydroxylation is 1. The monoisotopic (exact) mass is 386 g/mol. The van der Waals surface area contributed by atoms with Gasteiger partial charge in [-0.15, -0.1) is 10.2 Å². The predicted octanol–water partition coefficient (Wildman–Crippen LogP) is 4.33. The number of hydrogen-bond acceptors (Lipinski definition) is 7. The van der Waals surface area contributed by atoms with Crippen molar-refractivity contribution in [3.05, 3.63) is 54.1 Å². The average Bonchev–Trinajstić information content (AvgIpc) is 3.08. The highest BCUT2D eigenvalue weighted by Crippen LogP contribution is 2.31. The number of nitrogens with zero attached hydrogens (tertiary/aromatic N) is 2. The Morgan fingerprint density at radius 2 is 2.04 bits per heavy atom. The third-order valence-corrected chi connectivity index (χ3v) is 5.36. The first kappa shape index (κ1) is 18.2. The standard InChI is InChI=1S/C18H18N4O2S2/c1-12-6-5-7-13(10-12)19-16(23)11-25-18-22-21-17(26-18)20-14-8-3-4-9-15(14)24-2/h3-10H,11H2,1-2H3,(H,19,23)(H,20,21). The van der Waals surface area contributed by atoms with E-state index in [9.17, 15) is 4.79 Å². The summed E-state index contributed by atoms with van der Waals surface area (Å²) < 4.78 is 6.03. The fourth-order valence-electron chi connectivity index (χ4n) is 2.23. The molecule has 3 aromatic rings. The van der Waals surface area contributed by atoms with Gasteiger partial charge in [-0.25, -0.2) is 0 Å². The Kier molecular flexibility index (Phi) is 6.08. The van der Waals surface area contributed by atoms with Crippen molar-refractivity contribution in [1.29, 1.82) is 0 Å². The van der Waals surface area contributed by atoms with Gasteiger partial charge in [0.05, 0.1) is 18.6 Å². The van der Waals surface area contributed by atoms with Crippen molar-refractivity contribution in [2.75, 3.05) is 23.5 Å². The molecule has 2 N–H and O–H groups in total. The maximum atomic E-state index is 12.1. The van der Waals surface area contributed by atoms with Crippen LogP contribution in [0.25, 0.3) is 0 Å². The van der Waals surface area contributed by atoms with Gasteiger partial charge in [-0.2, -0.15) is 0 Å². The number of nitrogens with one attached hydrogen (secondary N) is 2. The van der Waals surface area contributed by atoms with E-state index in [4.69, 9.17) is 4.74 Å². The molecule has 0 aliphatic rings. The highest BCUT2D eigenvalue weighted by atomic mass is 32.2. The maximum Gasteiger partial charge on any atom is 0.234 e. The lowest BCUT2D eigenvalue weighted by Crippen LogP contribution is -2.13. The summed E-state index contributed by atoms with van der Waals surface area (Å²) in [5, 5.41) is 14.9. The molecular formula is C18H18N4O2S2. The largest absolute Gasteiger partial charge is 0.495 e. The van der Waals surface area contributed by atoms with E-state index in [0.717, 1.165) is 27.0 Å². The minimum atomic E-state index is -0.0740. The van der Waals surface area contributed by atoms with Gasteiger partial charge in [0.25, 0.3) is 0 Å². The van der Waals surface area contributed by atoms with Crippen LogP contribution in [0.2, 0.25) is 0 Å². The van der Waals surface area contributed by atoms with Crippen molar-refractivity contribution in [2.45, 2.75) is 11.3 Å². The highest BCUT2D eigenvalue weighted by molar-refractivity contribution is 8.01. The second-order valence-electron chi connectivity index (χ2n) is 5.40. The second kappa shape index (κ2) is 8.68. The number of hydrogen-bond donors (Lipinski definition) is 2. The molecule has 0 spiro atoms. The summed E-state index contributed by atoms with van der Waals surface area (Å²) >= 11 is 2.75. The van der Waals surface area contributed by atoms with Crippen molar-refractivity contribution in [3.63, 3.8) is 0 Å². The molecule has 26 heavy (non-hydrogen) atoms.